The number of nitrogens with zero attached hydrogens (tertiary/aromatic N) is 1. The van der Waals surface area contributed by atoms with Gasteiger partial charge in [0, 0.05) is 5.38 Å². The average molecular weight is 273 g/mol. The van der Waals surface area contributed by atoms with Gasteiger partial charge in [0.1, 0.15) is 0 Å². The summed E-state index contributed by atoms with van der Waals surface area (Å²) in [5, 5.41) is 6.33. The molecule has 2 nitrogen and oxygen atoms in total. The van der Waals surface area contributed by atoms with E-state index in [-0.39, 0.29) is 6.04 Å². The standard InChI is InChI=1S/C11H10Cl2N2S/c1-14-11(9-5-16-6-15-9)7-3-2-4-8(12)10(7)13/h2-6,11,14H,1H3. The third-order valence-corrected chi connectivity index (χ3v) is 3.77. The van der Waals surface area contributed by atoms with Crippen molar-refractivity contribution in [1.82, 2.24) is 10.3 Å². The quantitative estimate of drug-likeness (QED) is 0.921. The number of hydrogen-bond acceptors (Lipinski definition) is 3. The van der Waals surface area contributed by atoms with E-state index in [9.17, 15) is 0 Å². The predicted molar refractivity (Wildman–Crippen MR) is 69.5 cm³/mol. The summed E-state index contributed by atoms with van der Waals surface area (Å²) < 4.78 is 0. The molecule has 0 spiro atoms. The first-order valence-electron chi connectivity index (χ1n) is 4.73. The van der Waals surface area contributed by atoms with E-state index in [1.54, 1.807) is 22.9 Å². The topological polar surface area (TPSA) is 24.9 Å². The fraction of sp³-hybridized carbons (Fsp3) is 0.182. The van der Waals surface area contributed by atoms with Crippen LogP contribution < -0.4 is 5.32 Å². The van der Waals surface area contributed by atoms with Crippen molar-refractivity contribution in [3.8, 4) is 0 Å². The van der Waals surface area contributed by atoms with E-state index < -0.39 is 0 Å². The Balaban J connectivity index is 2.45. The Kier molecular flexibility index (Phi) is 3.82. The molecule has 0 radical (unpaired) electrons. The van der Waals surface area contributed by atoms with Gasteiger partial charge in [0.05, 0.1) is 27.3 Å². The van der Waals surface area contributed by atoms with Gasteiger partial charge < -0.3 is 5.32 Å². The predicted octanol–water partition coefficient (Wildman–Crippen LogP) is 3.76. The first kappa shape index (κ1) is 11.9. The number of halogens is 2. The first-order valence-corrected chi connectivity index (χ1v) is 6.43. The summed E-state index contributed by atoms with van der Waals surface area (Å²) in [7, 11) is 1.88. The van der Waals surface area contributed by atoms with Crippen LogP contribution in [0.4, 0.5) is 0 Å². The molecule has 0 aliphatic carbocycles. The highest BCUT2D eigenvalue weighted by molar-refractivity contribution is 7.07. The van der Waals surface area contributed by atoms with Gasteiger partial charge in [0.15, 0.2) is 0 Å². The fourth-order valence-corrected chi connectivity index (χ4v) is 2.57. The highest BCUT2D eigenvalue weighted by Crippen LogP contribution is 2.32. The molecular formula is C11H10Cl2N2S. The highest BCUT2D eigenvalue weighted by Gasteiger charge is 2.17. The van der Waals surface area contributed by atoms with E-state index in [4.69, 9.17) is 23.2 Å². The Morgan fingerprint density at radius 2 is 2.19 bits per heavy atom. The van der Waals surface area contributed by atoms with Crippen LogP contribution in [-0.4, -0.2) is 12.0 Å². The van der Waals surface area contributed by atoms with E-state index in [0.717, 1.165) is 11.3 Å². The van der Waals surface area contributed by atoms with Crippen molar-refractivity contribution >= 4 is 34.5 Å². The van der Waals surface area contributed by atoms with Crippen LogP contribution in [0.1, 0.15) is 17.3 Å². The zero-order valence-corrected chi connectivity index (χ0v) is 10.9. The second-order valence-electron chi connectivity index (χ2n) is 3.28. The van der Waals surface area contributed by atoms with Gasteiger partial charge in [-0.15, -0.1) is 11.3 Å². The zero-order chi connectivity index (χ0) is 11.5. The molecule has 0 saturated carbocycles. The molecule has 16 heavy (non-hydrogen) atoms. The molecule has 0 aliphatic rings. The highest BCUT2D eigenvalue weighted by atomic mass is 35.5. The summed E-state index contributed by atoms with van der Waals surface area (Å²) in [5.41, 5.74) is 3.71. The van der Waals surface area contributed by atoms with Gasteiger partial charge in [-0.05, 0) is 18.7 Å². The molecule has 0 amide bonds. The van der Waals surface area contributed by atoms with Crippen molar-refractivity contribution in [1.29, 1.82) is 0 Å². The summed E-state index contributed by atoms with van der Waals surface area (Å²) >= 11 is 13.7. The Hall–Kier alpha value is -0.610. The summed E-state index contributed by atoms with van der Waals surface area (Å²) in [4.78, 5) is 4.29. The van der Waals surface area contributed by atoms with E-state index in [0.29, 0.717) is 10.0 Å². The third-order valence-electron chi connectivity index (χ3n) is 2.33. The smallest absolute Gasteiger partial charge is 0.0795 e. The lowest BCUT2D eigenvalue weighted by atomic mass is 10.0. The monoisotopic (exact) mass is 272 g/mol. The van der Waals surface area contributed by atoms with Crippen LogP contribution in [0.3, 0.4) is 0 Å². The normalized spacial score (nSPS) is 12.7. The summed E-state index contributed by atoms with van der Waals surface area (Å²) in [6.45, 7) is 0. The largest absolute Gasteiger partial charge is 0.308 e. The van der Waals surface area contributed by atoms with Crippen molar-refractivity contribution < 1.29 is 0 Å². The molecule has 0 fully saturated rings. The molecule has 1 atom stereocenters. The van der Waals surface area contributed by atoms with Crippen molar-refractivity contribution in [2.24, 2.45) is 0 Å². The number of rotatable bonds is 3. The summed E-state index contributed by atoms with van der Waals surface area (Å²) in [5.74, 6) is 0. The fourth-order valence-electron chi connectivity index (χ4n) is 1.57. The van der Waals surface area contributed by atoms with Crippen LogP contribution in [0.2, 0.25) is 10.0 Å². The number of hydrogen-bond donors (Lipinski definition) is 1. The lowest BCUT2D eigenvalue weighted by Crippen LogP contribution is -2.18. The van der Waals surface area contributed by atoms with Gasteiger partial charge in [0.2, 0.25) is 0 Å². The molecule has 0 saturated heterocycles. The average Bonchev–Trinajstić information content (AvgIpc) is 2.79. The number of benzene rings is 1. The van der Waals surface area contributed by atoms with E-state index in [1.165, 1.54) is 0 Å². The molecule has 0 bridgehead atoms. The zero-order valence-electron chi connectivity index (χ0n) is 8.58. The molecule has 2 aromatic rings. The van der Waals surface area contributed by atoms with Gasteiger partial charge in [-0.3, -0.25) is 0 Å². The molecule has 5 heteroatoms. The molecule has 0 aliphatic heterocycles. The minimum absolute atomic E-state index is 0.0163. The maximum absolute atomic E-state index is 6.19. The second kappa shape index (κ2) is 5.15. The Morgan fingerprint density at radius 1 is 1.38 bits per heavy atom. The molecule has 1 unspecified atom stereocenters. The Bertz CT molecular complexity index is 471. The summed E-state index contributed by atoms with van der Waals surface area (Å²) in [6, 6.07) is 5.60. The first-order chi connectivity index (χ1) is 7.74. The molecule has 84 valence electrons. The van der Waals surface area contributed by atoms with Crippen LogP contribution in [0.5, 0.6) is 0 Å². The van der Waals surface area contributed by atoms with Gasteiger partial charge >= 0.3 is 0 Å². The molecule has 2 rings (SSSR count). The lowest BCUT2D eigenvalue weighted by Gasteiger charge is -2.16. The maximum atomic E-state index is 6.19. The SMILES string of the molecule is CNC(c1cscn1)c1cccc(Cl)c1Cl. The van der Waals surface area contributed by atoms with Crippen molar-refractivity contribution in [3.05, 3.63) is 50.4 Å². The van der Waals surface area contributed by atoms with Crippen molar-refractivity contribution in [2.45, 2.75) is 6.04 Å². The van der Waals surface area contributed by atoms with Crippen LogP contribution >= 0.6 is 34.5 Å². The van der Waals surface area contributed by atoms with E-state index in [1.807, 2.05) is 24.6 Å². The van der Waals surface area contributed by atoms with Crippen LogP contribution in [-0.2, 0) is 0 Å². The Labute approximate surface area is 108 Å². The van der Waals surface area contributed by atoms with Crippen LogP contribution in [0.15, 0.2) is 29.1 Å². The van der Waals surface area contributed by atoms with E-state index >= 15 is 0 Å². The van der Waals surface area contributed by atoms with Gasteiger partial charge in [-0.1, -0.05) is 35.3 Å². The second-order valence-corrected chi connectivity index (χ2v) is 4.78. The minimum Gasteiger partial charge on any atom is -0.308 e. The lowest BCUT2D eigenvalue weighted by molar-refractivity contribution is 0.676. The van der Waals surface area contributed by atoms with Crippen molar-refractivity contribution in [2.75, 3.05) is 7.05 Å². The molecule has 1 N–H and O–H groups in total. The van der Waals surface area contributed by atoms with Gasteiger partial charge in [0.25, 0.3) is 0 Å². The molecular weight excluding hydrogens is 263 g/mol. The molecule has 1 aromatic heterocycles. The maximum Gasteiger partial charge on any atom is 0.0795 e. The minimum atomic E-state index is -0.0163. The van der Waals surface area contributed by atoms with Crippen molar-refractivity contribution in [3.63, 3.8) is 0 Å². The van der Waals surface area contributed by atoms with E-state index in [2.05, 4.69) is 10.3 Å². The van der Waals surface area contributed by atoms with Gasteiger partial charge in [-0.2, -0.15) is 0 Å². The van der Waals surface area contributed by atoms with Crippen LogP contribution in [0, 0.1) is 0 Å². The summed E-state index contributed by atoms with van der Waals surface area (Å²) in [6.07, 6.45) is 0. The number of aromatic nitrogens is 1. The molecule has 1 aromatic carbocycles. The number of nitrogens with one attached hydrogen (secondary N) is 1. The molecule has 1 heterocycles. The van der Waals surface area contributed by atoms with Gasteiger partial charge in [-0.25, -0.2) is 4.98 Å². The Morgan fingerprint density at radius 3 is 2.81 bits per heavy atom. The third kappa shape index (κ3) is 2.23. The van der Waals surface area contributed by atoms with Crippen LogP contribution in [0.25, 0.3) is 0 Å². The number of thiazole rings is 1.